The van der Waals surface area contributed by atoms with Crippen molar-refractivity contribution < 1.29 is 14.3 Å². The van der Waals surface area contributed by atoms with Crippen LogP contribution in [0.3, 0.4) is 0 Å². The van der Waals surface area contributed by atoms with Gasteiger partial charge in [0.25, 0.3) is 5.91 Å². The summed E-state index contributed by atoms with van der Waals surface area (Å²) in [5.74, 6) is 1.27. The predicted octanol–water partition coefficient (Wildman–Crippen LogP) is 2.12. The Morgan fingerprint density at radius 2 is 2.10 bits per heavy atom. The van der Waals surface area contributed by atoms with Crippen LogP contribution < -0.4 is 9.47 Å². The average Bonchev–Trinajstić information content (AvgIpc) is 3.00. The molecule has 0 bridgehead atoms. The number of amides is 1. The maximum absolute atomic E-state index is 12.4. The van der Waals surface area contributed by atoms with Crippen molar-refractivity contribution >= 4 is 5.91 Å². The molecule has 108 valence electrons. The van der Waals surface area contributed by atoms with Gasteiger partial charge in [-0.2, -0.15) is 0 Å². The van der Waals surface area contributed by atoms with Gasteiger partial charge in [0, 0.05) is 37.5 Å². The molecule has 0 spiro atoms. The topological polar surface area (TPSA) is 51.7 Å². The fourth-order valence-electron chi connectivity index (χ4n) is 2.18. The molecule has 1 aliphatic heterocycles. The van der Waals surface area contributed by atoms with E-state index in [9.17, 15) is 4.79 Å². The molecule has 0 fully saturated rings. The van der Waals surface area contributed by atoms with Crippen LogP contribution in [0.25, 0.3) is 0 Å². The molecule has 21 heavy (non-hydrogen) atoms. The van der Waals surface area contributed by atoms with Gasteiger partial charge in [0.05, 0.1) is 0 Å². The molecule has 1 aromatic carbocycles. The number of rotatable bonds is 4. The Hall–Kier alpha value is -2.56. The minimum Gasteiger partial charge on any atom is -0.454 e. The molecule has 2 aromatic rings. The number of nitrogens with zero attached hydrogens (tertiary/aromatic N) is 2. The van der Waals surface area contributed by atoms with Gasteiger partial charge in [-0.3, -0.25) is 9.78 Å². The van der Waals surface area contributed by atoms with Crippen LogP contribution in [0.15, 0.2) is 42.6 Å². The first-order valence-corrected chi connectivity index (χ1v) is 6.79. The Labute approximate surface area is 123 Å². The van der Waals surface area contributed by atoms with Gasteiger partial charge in [-0.1, -0.05) is 6.07 Å². The molecule has 2 heterocycles. The first-order valence-electron chi connectivity index (χ1n) is 6.79. The molecule has 0 saturated carbocycles. The highest BCUT2D eigenvalue weighted by atomic mass is 16.7. The Bertz CT molecular complexity index is 643. The zero-order valence-electron chi connectivity index (χ0n) is 11.8. The highest BCUT2D eigenvalue weighted by Crippen LogP contribution is 2.32. The van der Waals surface area contributed by atoms with Gasteiger partial charge in [-0.15, -0.1) is 0 Å². The summed E-state index contributed by atoms with van der Waals surface area (Å²) in [5.41, 5.74) is 1.57. The van der Waals surface area contributed by atoms with E-state index in [-0.39, 0.29) is 12.7 Å². The van der Waals surface area contributed by atoms with Gasteiger partial charge < -0.3 is 14.4 Å². The second-order valence-electron chi connectivity index (χ2n) is 4.87. The van der Waals surface area contributed by atoms with Gasteiger partial charge in [-0.05, 0) is 30.3 Å². The monoisotopic (exact) mass is 284 g/mol. The van der Waals surface area contributed by atoms with Crippen molar-refractivity contribution in [2.45, 2.75) is 6.42 Å². The second kappa shape index (κ2) is 5.83. The summed E-state index contributed by atoms with van der Waals surface area (Å²) in [6.45, 7) is 0.826. The van der Waals surface area contributed by atoms with Crippen molar-refractivity contribution in [3.63, 3.8) is 0 Å². The van der Waals surface area contributed by atoms with Crippen molar-refractivity contribution in [3.05, 3.63) is 53.9 Å². The maximum atomic E-state index is 12.4. The fourth-order valence-corrected chi connectivity index (χ4v) is 2.18. The van der Waals surface area contributed by atoms with Crippen LogP contribution in [0.2, 0.25) is 0 Å². The fraction of sp³-hybridized carbons (Fsp3) is 0.250. The molecular formula is C16H16N2O3. The molecule has 3 rings (SSSR count). The number of ether oxygens (including phenoxy) is 2. The van der Waals surface area contributed by atoms with Gasteiger partial charge in [0.15, 0.2) is 11.5 Å². The molecule has 5 nitrogen and oxygen atoms in total. The molecule has 0 N–H and O–H groups in total. The number of benzene rings is 1. The Kier molecular flexibility index (Phi) is 3.73. The second-order valence-corrected chi connectivity index (χ2v) is 4.87. The average molecular weight is 284 g/mol. The molecule has 0 aliphatic carbocycles. The van der Waals surface area contributed by atoms with Gasteiger partial charge in [0.2, 0.25) is 6.79 Å². The highest BCUT2D eigenvalue weighted by molar-refractivity contribution is 5.94. The van der Waals surface area contributed by atoms with E-state index in [1.807, 2.05) is 18.2 Å². The van der Waals surface area contributed by atoms with E-state index in [1.54, 1.807) is 36.3 Å². The third-order valence-corrected chi connectivity index (χ3v) is 3.40. The first kappa shape index (κ1) is 13.4. The normalized spacial score (nSPS) is 12.2. The standard InChI is InChI=1S/C16H16N2O3/c1-18(9-7-13-4-2-3-8-17-13)16(19)12-5-6-14-15(10-12)21-11-20-14/h2-6,8,10H,7,9,11H2,1H3. The molecule has 1 aliphatic rings. The lowest BCUT2D eigenvalue weighted by molar-refractivity contribution is 0.0796. The van der Waals surface area contributed by atoms with Crippen LogP contribution >= 0.6 is 0 Å². The quantitative estimate of drug-likeness (QED) is 0.863. The molecular weight excluding hydrogens is 268 g/mol. The molecule has 0 radical (unpaired) electrons. The van der Waals surface area contributed by atoms with Crippen molar-refractivity contribution in [3.8, 4) is 11.5 Å². The summed E-state index contributed by atoms with van der Waals surface area (Å²) in [6, 6.07) is 11.0. The Morgan fingerprint density at radius 1 is 1.24 bits per heavy atom. The van der Waals surface area contributed by atoms with Crippen molar-refractivity contribution in [2.75, 3.05) is 20.4 Å². The number of pyridine rings is 1. The largest absolute Gasteiger partial charge is 0.454 e. The zero-order valence-corrected chi connectivity index (χ0v) is 11.8. The molecule has 0 saturated heterocycles. The van der Waals surface area contributed by atoms with Crippen LogP contribution in [0.4, 0.5) is 0 Å². The van der Waals surface area contributed by atoms with E-state index in [2.05, 4.69) is 4.98 Å². The first-order chi connectivity index (χ1) is 10.2. The number of carbonyl (C=O) groups excluding carboxylic acids is 1. The van der Waals surface area contributed by atoms with E-state index in [4.69, 9.17) is 9.47 Å². The SMILES string of the molecule is CN(CCc1ccccn1)C(=O)c1ccc2c(c1)OCO2. The third kappa shape index (κ3) is 2.97. The van der Waals surface area contributed by atoms with Crippen LogP contribution in [-0.4, -0.2) is 36.2 Å². The van der Waals surface area contributed by atoms with Gasteiger partial charge in [-0.25, -0.2) is 0 Å². The van der Waals surface area contributed by atoms with Crippen molar-refractivity contribution in [2.24, 2.45) is 0 Å². The Morgan fingerprint density at radius 3 is 2.90 bits per heavy atom. The van der Waals surface area contributed by atoms with Gasteiger partial charge in [0.1, 0.15) is 0 Å². The third-order valence-electron chi connectivity index (χ3n) is 3.40. The zero-order chi connectivity index (χ0) is 14.7. The number of carbonyl (C=O) groups is 1. The summed E-state index contributed by atoms with van der Waals surface area (Å²) in [4.78, 5) is 18.3. The summed E-state index contributed by atoms with van der Waals surface area (Å²) < 4.78 is 10.5. The lowest BCUT2D eigenvalue weighted by Crippen LogP contribution is -2.28. The number of hydrogen-bond donors (Lipinski definition) is 0. The molecule has 1 amide bonds. The number of aromatic nitrogens is 1. The summed E-state index contributed by atoms with van der Waals surface area (Å²) in [7, 11) is 1.79. The molecule has 1 aromatic heterocycles. The summed E-state index contributed by atoms with van der Waals surface area (Å²) in [5, 5.41) is 0. The van der Waals surface area contributed by atoms with Crippen LogP contribution in [0.1, 0.15) is 16.1 Å². The van der Waals surface area contributed by atoms with Crippen LogP contribution in [-0.2, 0) is 6.42 Å². The van der Waals surface area contributed by atoms with Crippen LogP contribution in [0, 0.1) is 0 Å². The van der Waals surface area contributed by atoms with E-state index in [0.717, 1.165) is 12.1 Å². The van der Waals surface area contributed by atoms with Crippen LogP contribution in [0.5, 0.6) is 11.5 Å². The minimum atomic E-state index is -0.0377. The van der Waals surface area contributed by atoms with E-state index in [0.29, 0.717) is 23.6 Å². The van der Waals surface area contributed by atoms with Crippen molar-refractivity contribution in [1.29, 1.82) is 0 Å². The molecule has 0 atom stereocenters. The van der Waals surface area contributed by atoms with E-state index in [1.165, 1.54) is 0 Å². The maximum Gasteiger partial charge on any atom is 0.253 e. The molecule has 0 unspecified atom stereocenters. The van der Waals surface area contributed by atoms with E-state index < -0.39 is 0 Å². The number of fused-ring (bicyclic) bond motifs is 1. The number of likely N-dealkylation sites (N-methyl/N-ethyl adjacent to an activating group) is 1. The highest BCUT2D eigenvalue weighted by Gasteiger charge is 2.18. The summed E-state index contributed by atoms with van der Waals surface area (Å²) in [6.07, 6.45) is 2.49. The van der Waals surface area contributed by atoms with Gasteiger partial charge >= 0.3 is 0 Å². The smallest absolute Gasteiger partial charge is 0.253 e. The number of hydrogen-bond acceptors (Lipinski definition) is 4. The lowest BCUT2D eigenvalue weighted by atomic mass is 10.1. The minimum absolute atomic E-state index is 0.0377. The molecule has 5 heteroatoms. The summed E-state index contributed by atoms with van der Waals surface area (Å²) >= 11 is 0. The van der Waals surface area contributed by atoms with E-state index >= 15 is 0 Å². The Balaban J connectivity index is 1.64. The van der Waals surface area contributed by atoms with Crippen molar-refractivity contribution in [1.82, 2.24) is 9.88 Å². The predicted molar refractivity (Wildman–Crippen MR) is 77.5 cm³/mol. The lowest BCUT2D eigenvalue weighted by Gasteiger charge is -2.17.